The zero-order chi connectivity index (χ0) is 11.8. The number of carbonyl (C=O) groups excluding carboxylic acids is 1. The van der Waals surface area contributed by atoms with Gasteiger partial charge in [0.05, 0.1) is 0 Å². The molecule has 90 valence electrons. The van der Waals surface area contributed by atoms with E-state index in [2.05, 4.69) is 10.6 Å². The highest BCUT2D eigenvalue weighted by molar-refractivity contribution is 5.82. The molecule has 1 aliphatic heterocycles. The summed E-state index contributed by atoms with van der Waals surface area (Å²) in [7, 11) is 0. The minimum atomic E-state index is -1.05. The number of nitrogens with one attached hydrogen (secondary N) is 2. The van der Waals surface area contributed by atoms with E-state index in [0.717, 1.165) is 13.1 Å². The van der Waals surface area contributed by atoms with Crippen LogP contribution in [0.2, 0.25) is 0 Å². The van der Waals surface area contributed by atoms with Crippen molar-refractivity contribution < 1.29 is 9.90 Å². The van der Waals surface area contributed by atoms with Crippen molar-refractivity contribution in [1.82, 2.24) is 10.6 Å². The molecule has 1 heterocycles. The van der Waals surface area contributed by atoms with Crippen LogP contribution in [0.3, 0.4) is 0 Å². The Labute approximate surface area is 100 Å². The normalized spacial score (nSPS) is 31.7. The summed E-state index contributed by atoms with van der Waals surface area (Å²) in [6, 6.07) is 9.30. The van der Waals surface area contributed by atoms with Crippen molar-refractivity contribution in [2.45, 2.75) is 12.1 Å². The van der Waals surface area contributed by atoms with E-state index in [1.807, 2.05) is 18.2 Å². The Hall–Kier alpha value is -1.39. The number of carbonyl (C=O) groups is 1. The predicted octanol–water partition coefficient (Wildman–Crippen LogP) is 0.0540. The van der Waals surface area contributed by atoms with Crippen LogP contribution in [0, 0.1) is 11.8 Å². The SMILES string of the molecule is O=C(N[C@H]1[C@@H]2CNC[C@@H]21)C(O)c1ccccc1. The molecule has 0 spiro atoms. The van der Waals surface area contributed by atoms with Crippen molar-refractivity contribution in [3.8, 4) is 0 Å². The smallest absolute Gasteiger partial charge is 0.253 e. The molecule has 1 saturated carbocycles. The lowest BCUT2D eigenvalue weighted by Gasteiger charge is -2.13. The van der Waals surface area contributed by atoms with Gasteiger partial charge in [-0.3, -0.25) is 4.79 Å². The number of aliphatic hydroxyl groups excluding tert-OH is 1. The summed E-state index contributed by atoms with van der Waals surface area (Å²) in [6.45, 7) is 1.97. The molecule has 3 N–H and O–H groups in total. The lowest BCUT2D eigenvalue weighted by Crippen LogP contribution is -2.35. The molecule has 2 aliphatic rings. The van der Waals surface area contributed by atoms with Gasteiger partial charge in [-0.1, -0.05) is 30.3 Å². The number of benzene rings is 1. The molecule has 0 aromatic heterocycles. The van der Waals surface area contributed by atoms with Gasteiger partial charge in [0, 0.05) is 19.1 Å². The second-order valence-corrected chi connectivity index (χ2v) is 4.83. The third-order valence-electron chi connectivity index (χ3n) is 3.76. The Morgan fingerprint density at radius 1 is 1.29 bits per heavy atom. The van der Waals surface area contributed by atoms with Gasteiger partial charge in [-0.25, -0.2) is 0 Å². The maximum absolute atomic E-state index is 11.8. The molecular formula is C13H16N2O2. The van der Waals surface area contributed by atoms with Crippen LogP contribution in [-0.4, -0.2) is 30.1 Å². The number of fused-ring (bicyclic) bond motifs is 1. The largest absolute Gasteiger partial charge is 0.378 e. The van der Waals surface area contributed by atoms with E-state index in [0.29, 0.717) is 17.4 Å². The van der Waals surface area contributed by atoms with Crippen molar-refractivity contribution >= 4 is 5.91 Å². The molecule has 0 radical (unpaired) electrons. The highest BCUT2D eigenvalue weighted by atomic mass is 16.3. The number of hydrogen-bond donors (Lipinski definition) is 3. The third kappa shape index (κ3) is 1.94. The van der Waals surface area contributed by atoms with E-state index in [-0.39, 0.29) is 11.9 Å². The zero-order valence-corrected chi connectivity index (χ0v) is 9.47. The Balaban J connectivity index is 1.60. The molecule has 4 atom stereocenters. The highest BCUT2D eigenvalue weighted by Crippen LogP contribution is 2.41. The molecule has 1 aromatic rings. The lowest BCUT2D eigenvalue weighted by molar-refractivity contribution is -0.129. The quantitative estimate of drug-likeness (QED) is 0.690. The molecule has 3 rings (SSSR count). The van der Waals surface area contributed by atoms with Gasteiger partial charge in [-0.05, 0) is 17.4 Å². The summed E-state index contributed by atoms with van der Waals surface area (Å²) in [5.41, 5.74) is 0.647. The average Bonchev–Trinajstić information content (AvgIpc) is 2.80. The molecule has 4 nitrogen and oxygen atoms in total. The van der Waals surface area contributed by atoms with Crippen molar-refractivity contribution in [2.24, 2.45) is 11.8 Å². The van der Waals surface area contributed by atoms with Crippen LogP contribution in [0.1, 0.15) is 11.7 Å². The van der Waals surface area contributed by atoms with Gasteiger partial charge < -0.3 is 15.7 Å². The van der Waals surface area contributed by atoms with Gasteiger partial charge in [-0.15, -0.1) is 0 Å². The van der Waals surface area contributed by atoms with Gasteiger partial charge in [-0.2, -0.15) is 0 Å². The number of rotatable bonds is 3. The Morgan fingerprint density at radius 3 is 2.59 bits per heavy atom. The predicted molar refractivity (Wildman–Crippen MR) is 63.2 cm³/mol. The number of hydrogen-bond acceptors (Lipinski definition) is 3. The minimum Gasteiger partial charge on any atom is -0.378 e. The fourth-order valence-corrected chi connectivity index (χ4v) is 2.66. The van der Waals surface area contributed by atoms with Crippen LogP contribution in [0.5, 0.6) is 0 Å². The summed E-state index contributed by atoms with van der Waals surface area (Å²) < 4.78 is 0. The van der Waals surface area contributed by atoms with Crippen molar-refractivity contribution in [1.29, 1.82) is 0 Å². The van der Waals surface area contributed by atoms with Crippen molar-refractivity contribution in [2.75, 3.05) is 13.1 Å². The second-order valence-electron chi connectivity index (χ2n) is 4.83. The molecule has 1 aliphatic carbocycles. The maximum atomic E-state index is 11.8. The first-order chi connectivity index (χ1) is 8.27. The number of amides is 1. The second kappa shape index (κ2) is 4.13. The van der Waals surface area contributed by atoms with E-state index in [4.69, 9.17) is 0 Å². The van der Waals surface area contributed by atoms with E-state index in [1.165, 1.54) is 0 Å². The van der Waals surface area contributed by atoms with Gasteiger partial charge in [0.2, 0.25) is 0 Å². The van der Waals surface area contributed by atoms with Gasteiger partial charge >= 0.3 is 0 Å². The van der Waals surface area contributed by atoms with Gasteiger partial charge in [0.1, 0.15) is 0 Å². The van der Waals surface area contributed by atoms with E-state index < -0.39 is 6.10 Å². The topological polar surface area (TPSA) is 61.4 Å². The molecule has 1 saturated heterocycles. The van der Waals surface area contributed by atoms with Crippen LogP contribution in [-0.2, 0) is 4.79 Å². The highest BCUT2D eigenvalue weighted by Gasteiger charge is 2.53. The molecule has 17 heavy (non-hydrogen) atoms. The Morgan fingerprint density at radius 2 is 1.94 bits per heavy atom. The first-order valence-corrected chi connectivity index (χ1v) is 6.01. The van der Waals surface area contributed by atoms with Crippen LogP contribution >= 0.6 is 0 Å². The Kier molecular flexibility index (Phi) is 2.61. The van der Waals surface area contributed by atoms with Crippen LogP contribution in [0.25, 0.3) is 0 Å². The average molecular weight is 232 g/mol. The molecular weight excluding hydrogens is 216 g/mol. The first-order valence-electron chi connectivity index (χ1n) is 6.01. The summed E-state index contributed by atoms with van der Waals surface area (Å²) in [4.78, 5) is 11.8. The third-order valence-corrected chi connectivity index (χ3v) is 3.76. The van der Waals surface area contributed by atoms with Crippen LogP contribution < -0.4 is 10.6 Å². The van der Waals surface area contributed by atoms with Crippen molar-refractivity contribution in [3.63, 3.8) is 0 Å². The lowest BCUT2D eigenvalue weighted by atomic mass is 10.1. The minimum absolute atomic E-state index is 0.266. The molecule has 1 unspecified atom stereocenters. The first kappa shape index (κ1) is 10.7. The van der Waals surface area contributed by atoms with Crippen molar-refractivity contribution in [3.05, 3.63) is 35.9 Å². The summed E-state index contributed by atoms with van der Waals surface area (Å²) in [6.07, 6.45) is -1.05. The van der Waals surface area contributed by atoms with Crippen LogP contribution in [0.4, 0.5) is 0 Å². The fraction of sp³-hybridized carbons (Fsp3) is 0.462. The number of aliphatic hydroxyl groups is 1. The molecule has 2 fully saturated rings. The van der Waals surface area contributed by atoms with E-state index in [9.17, 15) is 9.90 Å². The molecule has 0 bridgehead atoms. The number of piperidine rings is 1. The van der Waals surface area contributed by atoms with Gasteiger partial charge in [0.25, 0.3) is 5.91 Å². The molecule has 1 amide bonds. The summed E-state index contributed by atoms with van der Waals surface area (Å²) in [5.74, 6) is 0.861. The van der Waals surface area contributed by atoms with Crippen LogP contribution in [0.15, 0.2) is 30.3 Å². The molecule has 4 heteroatoms. The summed E-state index contributed by atoms with van der Waals surface area (Å²) >= 11 is 0. The fourth-order valence-electron chi connectivity index (χ4n) is 2.66. The van der Waals surface area contributed by atoms with Gasteiger partial charge in [0.15, 0.2) is 6.10 Å². The monoisotopic (exact) mass is 232 g/mol. The zero-order valence-electron chi connectivity index (χ0n) is 9.47. The Bertz CT molecular complexity index is 411. The standard InChI is InChI=1S/C13H16N2O2/c16-12(8-4-2-1-3-5-8)13(17)15-11-9-6-14-7-10(9)11/h1-5,9-12,14,16H,6-7H2,(H,15,17)/t9-,10+,11+,12?. The maximum Gasteiger partial charge on any atom is 0.253 e. The molecule has 1 aromatic carbocycles. The van der Waals surface area contributed by atoms with E-state index >= 15 is 0 Å². The van der Waals surface area contributed by atoms with E-state index in [1.54, 1.807) is 12.1 Å². The summed E-state index contributed by atoms with van der Waals surface area (Å²) in [5, 5.41) is 16.1.